The zero-order chi connectivity index (χ0) is 88.7. The molecule has 1 aliphatic carbocycles. The smallest absolute Gasteiger partial charge is 0.238 e. The first-order valence-electron chi connectivity index (χ1n) is 46.0. The van der Waals surface area contributed by atoms with E-state index in [2.05, 4.69) is 479 Å². The number of aromatic nitrogens is 10. The Balaban J connectivity index is 0.000000137. The highest BCUT2D eigenvalue weighted by Gasteiger charge is 2.28. The number of benzene rings is 21. The van der Waals surface area contributed by atoms with Crippen LogP contribution in [0.1, 0.15) is 11.1 Å². The minimum Gasteiger partial charge on any atom is -0.309 e. The van der Waals surface area contributed by atoms with E-state index in [1.54, 1.807) is 0 Å². The fraction of sp³-hybridized carbons (Fsp3) is 0.00800. The number of fused-ring (bicyclic) bond motifs is 19. The average Bonchev–Trinajstić information content (AvgIpc) is 1.59. The van der Waals surface area contributed by atoms with Gasteiger partial charge in [-0.25, -0.2) is 9.97 Å². The Bertz CT molecular complexity index is 9300. The summed E-state index contributed by atoms with van der Waals surface area (Å²) in [5, 5.41) is 18.4. The topological polar surface area (TPSA) is 97.1 Å². The van der Waals surface area contributed by atoms with Crippen molar-refractivity contribution < 1.29 is 0 Å². The third-order valence-electron chi connectivity index (χ3n) is 27.6. The number of hydrogen-bond donors (Lipinski definition) is 0. The van der Waals surface area contributed by atoms with Crippen molar-refractivity contribution in [3.8, 4) is 124 Å². The van der Waals surface area contributed by atoms with Crippen LogP contribution in [0.25, 0.3) is 255 Å². The largest absolute Gasteiger partial charge is 0.309 e. The van der Waals surface area contributed by atoms with E-state index in [9.17, 15) is 0 Å². The molecule has 0 amide bonds. The van der Waals surface area contributed by atoms with Gasteiger partial charge in [-0.2, -0.15) is 19.9 Å². The second-order valence-electron chi connectivity index (χ2n) is 35.1. The van der Waals surface area contributed by atoms with Gasteiger partial charge in [0.25, 0.3) is 0 Å². The second kappa shape index (κ2) is 31.3. The summed E-state index contributed by atoms with van der Waals surface area (Å²) >= 11 is 0. The summed E-state index contributed by atoms with van der Waals surface area (Å²) in [5.41, 5.74) is 29.9. The lowest BCUT2D eigenvalue weighted by atomic mass is 9.98. The first kappa shape index (κ1) is 76.9. The molecule has 21 aromatic carbocycles. The van der Waals surface area contributed by atoms with E-state index in [1.165, 1.54) is 93.9 Å². The van der Waals surface area contributed by atoms with Gasteiger partial charge in [0.05, 0.1) is 49.8 Å². The molecule has 10 nitrogen and oxygen atoms in total. The van der Waals surface area contributed by atoms with Crippen LogP contribution >= 0.6 is 0 Å². The molecular weight excluding hydrogens is 1640 g/mol. The van der Waals surface area contributed by atoms with Gasteiger partial charge in [-0.3, -0.25) is 9.13 Å². The minimum absolute atomic E-state index is 0.570. The van der Waals surface area contributed by atoms with Crippen molar-refractivity contribution in [1.29, 1.82) is 0 Å². The van der Waals surface area contributed by atoms with Crippen LogP contribution in [0, 0.1) is 0 Å². The van der Waals surface area contributed by atoms with Crippen molar-refractivity contribution in [2.45, 2.75) is 6.42 Å². The van der Waals surface area contributed by atoms with Crippen molar-refractivity contribution in [1.82, 2.24) is 48.2 Å². The van der Waals surface area contributed by atoms with E-state index in [0.717, 1.165) is 143 Å². The third-order valence-corrected chi connectivity index (χ3v) is 27.6. The van der Waals surface area contributed by atoms with Crippen LogP contribution in [0.15, 0.2) is 461 Å². The molecular formula is C125H78N10. The van der Waals surface area contributed by atoms with E-state index in [-0.39, 0.29) is 0 Å². The minimum atomic E-state index is 0.570. The van der Waals surface area contributed by atoms with Gasteiger partial charge in [0, 0.05) is 77.5 Å². The molecule has 27 aromatic rings. The molecule has 10 heteroatoms. The van der Waals surface area contributed by atoms with E-state index < -0.39 is 0 Å². The Kier molecular flexibility index (Phi) is 17.9. The standard InChI is InChI=1S/C65H41N5.C60H37N5/c1-3-17-42(18-4-1)48-37-49(43-19-5-2-6-20-43)39-50(38-48)69-59-31-13-11-27-53(59)57-40-46(33-35-61(57)69)47-34-36-62-58(41-47)54-28-12-14-32-60(54)70(62)65-67-63(55-29-15-23-44-21-7-9-25-51(44)55)66-64(68-65)56-30-16-24-45-22-8-10-26-52(45)56;1-4-19-42-37(14-1)17-11-25-48(42)58-61-59(49-26-12-18-38-15-2-5-20-43(38)49)63-60(62-58)65-54-28-10-8-23-47(54)52-35-40(31-33-57(52)65)39-30-32-56-51(34-39)46-22-7-9-27-53(46)64(56)55-29-13-24-45-44-21-6-3-16-41(44)36-50(45)55/h1-41H;1-35H,36H2. The van der Waals surface area contributed by atoms with Gasteiger partial charge in [0.1, 0.15) is 0 Å². The third kappa shape index (κ3) is 12.8. The average molecular weight is 1720 g/mol. The number of nitrogens with zero attached hydrogens (tertiary/aromatic N) is 10. The van der Waals surface area contributed by atoms with Crippen LogP contribution in [-0.2, 0) is 6.42 Å². The molecule has 0 bridgehead atoms. The molecule has 628 valence electrons. The quantitative estimate of drug-likeness (QED) is 0.121. The van der Waals surface area contributed by atoms with Gasteiger partial charge in [-0.05, 0) is 207 Å². The SMILES string of the molecule is c1ccc(-c2cc(-c3ccccc3)cc(-n3c4ccccc4c4cc(-c5ccc6c(c5)c5ccccc5n6-c5nc(-c6cccc7ccccc67)nc(-c6cccc7ccccc67)n5)ccc43)c2)cc1.c1ccc2c(c1)Cc1c-2cccc1-n1c2ccccc2c2cc(-c3ccc4c(c3)c3ccccc3n4-c3nc(-c4cccc5ccccc45)nc(-c4cccc5ccccc45)n3)ccc21. The summed E-state index contributed by atoms with van der Waals surface area (Å²) in [6.45, 7) is 0. The lowest BCUT2D eigenvalue weighted by molar-refractivity contribution is 0.955. The molecule has 0 spiro atoms. The van der Waals surface area contributed by atoms with E-state index >= 15 is 0 Å². The number of hydrogen-bond acceptors (Lipinski definition) is 6. The molecule has 0 saturated carbocycles. The molecule has 0 aliphatic heterocycles. The summed E-state index contributed by atoms with van der Waals surface area (Å²) in [4.78, 5) is 31.9. The predicted molar refractivity (Wildman–Crippen MR) is 559 cm³/mol. The van der Waals surface area contributed by atoms with Crippen molar-refractivity contribution in [2.24, 2.45) is 0 Å². The maximum absolute atomic E-state index is 5.36. The number of para-hydroxylation sites is 4. The Hall–Kier alpha value is -18.1. The number of rotatable bonds is 12. The highest BCUT2D eigenvalue weighted by atomic mass is 15.2. The normalized spacial score (nSPS) is 12.0. The molecule has 0 radical (unpaired) electrons. The summed E-state index contributed by atoms with van der Waals surface area (Å²) in [6.07, 6.45) is 0.931. The Morgan fingerprint density at radius 2 is 0.444 bits per heavy atom. The second-order valence-corrected chi connectivity index (χ2v) is 35.1. The summed E-state index contributed by atoms with van der Waals surface area (Å²) in [6, 6.07) is 165. The van der Waals surface area contributed by atoms with Crippen LogP contribution < -0.4 is 0 Å². The Morgan fingerprint density at radius 1 is 0.163 bits per heavy atom. The van der Waals surface area contributed by atoms with Crippen LogP contribution in [-0.4, -0.2) is 48.2 Å². The van der Waals surface area contributed by atoms with Crippen LogP contribution in [0.3, 0.4) is 0 Å². The van der Waals surface area contributed by atoms with Crippen molar-refractivity contribution in [3.63, 3.8) is 0 Å². The van der Waals surface area contributed by atoms with Gasteiger partial charge in [0.2, 0.25) is 11.9 Å². The fourth-order valence-electron chi connectivity index (χ4n) is 21.4. The first-order chi connectivity index (χ1) is 66.9. The van der Waals surface area contributed by atoms with Crippen LogP contribution in [0.5, 0.6) is 0 Å². The monoisotopic (exact) mass is 1720 g/mol. The lowest BCUT2D eigenvalue weighted by Crippen LogP contribution is -2.06. The van der Waals surface area contributed by atoms with Gasteiger partial charge >= 0.3 is 0 Å². The maximum Gasteiger partial charge on any atom is 0.238 e. The molecule has 1 aliphatic rings. The predicted octanol–water partition coefficient (Wildman–Crippen LogP) is 31.7. The summed E-state index contributed by atoms with van der Waals surface area (Å²) in [7, 11) is 0. The molecule has 0 saturated heterocycles. The first-order valence-corrected chi connectivity index (χ1v) is 46.0. The zero-order valence-electron chi connectivity index (χ0n) is 73.1. The van der Waals surface area contributed by atoms with Crippen molar-refractivity contribution >= 4 is 130 Å². The lowest BCUT2D eigenvalue weighted by Gasteiger charge is -2.14. The van der Waals surface area contributed by atoms with Gasteiger partial charge < -0.3 is 9.13 Å². The summed E-state index contributed by atoms with van der Waals surface area (Å²) in [5.74, 6) is 3.67. The van der Waals surface area contributed by atoms with Crippen molar-refractivity contribution in [2.75, 3.05) is 0 Å². The Labute approximate surface area is 776 Å². The van der Waals surface area contributed by atoms with Gasteiger partial charge in [0.15, 0.2) is 23.3 Å². The highest BCUT2D eigenvalue weighted by Crippen LogP contribution is 2.47. The van der Waals surface area contributed by atoms with Crippen molar-refractivity contribution in [3.05, 3.63) is 472 Å². The molecule has 135 heavy (non-hydrogen) atoms. The van der Waals surface area contributed by atoms with E-state index in [1.807, 2.05) is 0 Å². The van der Waals surface area contributed by atoms with Crippen LogP contribution in [0.4, 0.5) is 0 Å². The van der Waals surface area contributed by atoms with E-state index in [0.29, 0.717) is 35.2 Å². The van der Waals surface area contributed by atoms with Gasteiger partial charge in [-0.1, -0.05) is 364 Å². The zero-order valence-corrected chi connectivity index (χ0v) is 73.1. The van der Waals surface area contributed by atoms with Gasteiger partial charge in [-0.15, -0.1) is 0 Å². The molecule has 6 aromatic heterocycles. The fourth-order valence-corrected chi connectivity index (χ4v) is 21.4. The molecule has 0 fully saturated rings. The summed E-state index contributed by atoms with van der Waals surface area (Å²) < 4.78 is 9.33. The highest BCUT2D eigenvalue weighted by molar-refractivity contribution is 6.16. The molecule has 0 atom stereocenters. The molecule has 0 unspecified atom stereocenters. The van der Waals surface area contributed by atoms with E-state index in [4.69, 9.17) is 29.9 Å². The molecule has 0 N–H and O–H groups in total. The Morgan fingerprint density at radius 3 is 0.837 bits per heavy atom. The molecule has 6 heterocycles. The maximum atomic E-state index is 5.36. The van der Waals surface area contributed by atoms with Crippen LogP contribution in [0.2, 0.25) is 0 Å². The molecule has 28 rings (SSSR count).